The summed E-state index contributed by atoms with van der Waals surface area (Å²) < 4.78 is 1.62. The van der Waals surface area contributed by atoms with E-state index in [0.29, 0.717) is 25.2 Å². The fraction of sp³-hybridized carbons (Fsp3) is 0.583. The number of hydrogen-bond acceptors (Lipinski definition) is 4. The van der Waals surface area contributed by atoms with Crippen LogP contribution in [-0.2, 0) is 10.3 Å². The fourth-order valence-corrected chi connectivity index (χ4v) is 1.53. The predicted octanol–water partition coefficient (Wildman–Crippen LogP) is 0.676. The zero-order valence-electron chi connectivity index (χ0n) is 11.1. The van der Waals surface area contributed by atoms with Gasteiger partial charge in [0.25, 0.3) is 5.56 Å². The molecule has 0 aromatic carbocycles. The van der Waals surface area contributed by atoms with Gasteiger partial charge in [-0.25, -0.2) is 4.98 Å². The SMILES string of the molecule is CC(C)(C)n1ccnc(NCCCC(N)=O)c1=O. The van der Waals surface area contributed by atoms with Gasteiger partial charge in [-0.15, -0.1) is 0 Å². The summed E-state index contributed by atoms with van der Waals surface area (Å²) in [4.78, 5) is 26.7. The minimum atomic E-state index is -0.343. The summed E-state index contributed by atoms with van der Waals surface area (Å²) in [7, 11) is 0. The quantitative estimate of drug-likeness (QED) is 0.754. The first kappa shape index (κ1) is 14.2. The predicted molar refractivity (Wildman–Crippen MR) is 70.4 cm³/mol. The Balaban J connectivity index is 2.73. The van der Waals surface area contributed by atoms with E-state index in [1.807, 2.05) is 20.8 Å². The molecule has 0 unspecified atom stereocenters. The van der Waals surface area contributed by atoms with Gasteiger partial charge < -0.3 is 15.6 Å². The molecule has 0 spiro atoms. The summed E-state index contributed by atoms with van der Waals surface area (Å²) in [6.07, 6.45) is 4.13. The van der Waals surface area contributed by atoms with Gasteiger partial charge in [0.15, 0.2) is 5.82 Å². The summed E-state index contributed by atoms with van der Waals surface area (Å²) in [5.74, 6) is -0.0400. The Hall–Kier alpha value is -1.85. The first-order chi connectivity index (χ1) is 8.32. The van der Waals surface area contributed by atoms with Crippen LogP contribution >= 0.6 is 0 Å². The van der Waals surface area contributed by atoms with Crippen molar-refractivity contribution in [1.29, 1.82) is 0 Å². The summed E-state index contributed by atoms with van der Waals surface area (Å²) in [5.41, 5.74) is 4.58. The number of carbonyl (C=O) groups is 1. The molecule has 6 nitrogen and oxygen atoms in total. The van der Waals surface area contributed by atoms with E-state index in [1.165, 1.54) is 0 Å². The van der Waals surface area contributed by atoms with Crippen LogP contribution in [0.4, 0.5) is 5.82 Å². The molecule has 0 aliphatic rings. The van der Waals surface area contributed by atoms with Crippen molar-refractivity contribution in [3.63, 3.8) is 0 Å². The lowest BCUT2D eigenvalue weighted by Crippen LogP contribution is -2.35. The van der Waals surface area contributed by atoms with Gasteiger partial charge in [-0.05, 0) is 27.2 Å². The molecule has 0 atom stereocenters. The molecule has 0 saturated heterocycles. The molecule has 3 N–H and O–H groups in total. The molecule has 18 heavy (non-hydrogen) atoms. The third kappa shape index (κ3) is 3.87. The van der Waals surface area contributed by atoms with Crippen molar-refractivity contribution in [2.75, 3.05) is 11.9 Å². The molecule has 1 heterocycles. The Morgan fingerprint density at radius 2 is 2.17 bits per heavy atom. The number of primary amides is 1. The molecule has 1 aromatic rings. The van der Waals surface area contributed by atoms with Crippen LogP contribution in [0.3, 0.4) is 0 Å². The third-order valence-electron chi connectivity index (χ3n) is 2.46. The molecular formula is C12H20N4O2. The highest BCUT2D eigenvalue weighted by Gasteiger charge is 2.16. The molecule has 100 valence electrons. The van der Waals surface area contributed by atoms with E-state index in [0.717, 1.165) is 0 Å². The number of aromatic nitrogens is 2. The Bertz CT molecular complexity index is 474. The number of nitrogens with two attached hydrogens (primary N) is 1. The van der Waals surface area contributed by atoms with Crippen molar-refractivity contribution in [1.82, 2.24) is 9.55 Å². The highest BCUT2D eigenvalue weighted by Crippen LogP contribution is 2.10. The maximum atomic E-state index is 12.1. The summed E-state index contributed by atoms with van der Waals surface area (Å²) in [6.45, 7) is 6.35. The molecule has 1 rings (SSSR count). The number of rotatable bonds is 5. The molecule has 0 fully saturated rings. The first-order valence-electron chi connectivity index (χ1n) is 5.92. The maximum Gasteiger partial charge on any atom is 0.293 e. The number of hydrogen-bond donors (Lipinski definition) is 2. The molecule has 1 aromatic heterocycles. The molecule has 0 radical (unpaired) electrons. The second-order valence-electron chi connectivity index (χ2n) is 5.12. The van der Waals surface area contributed by atoms with E-state index < -0.39 is 0 Å². The van der Waals surface area contributed by atoms with Crippen LogP contribution in [-0.4, -0.2) is 22.0 Å². The van der Waals surface area contributed by atoms with Gasteiger partial charge >= 0.3 is 0 Å². The maximum absolute atomic E-state index is 12.1. The van der Waals surface area contributed by atoms with Crippen molar-refractivity contribution in [3.05, 3.63) is 22.7 Å². The first-order valence-corrected chi connectivity index (χ1v) is 5.92. The van der Waals surface area contributed by atoms with E-state index in [2.05, 4.69) is 10.3 Å². The monoisotopic (exact) mass is 252 g/mol. The fourth-order valence-electron chi connectivity index (χ4n) is 1.53. The van der Waals surface area contributed by atoms with E-state index in [4.69, 9.17) is 5.73 Å². The van der Waals surface area contributed by atoms with E-state index in [-0.39, 0.29) is 17.0 Å². The highest BCUT2D eigenvalue weighted by molar-refractivity contribution is 5.73. The van der Waals surface area contributed by atoms with Crippen LogP contribution in [0.25, 0.3) is 0 Å². The van der Waals surface area contributed by atoms with E-state index >= 15 is 0 Å². The van der Waals surface area contributed by atoms with Crippen LogP contribution in [0.1, 0.15) is 33.6 Å². The lowest BCUT2D eigenvalue weighted by molar-refractivity contribution is -0.118. The summed E-state index contributed by atoms with van der Waals surface area (Å²) in [5, 5.41) is 2.93. The lowest BCUT2D eigenvalue weighted by atomic mass is 10.1. The second-order valence-corrected chi connectivity index (χ2v) is 5.12. The number of amides is 1. The van der Waals surface area contributed by atoms with Gasteiger partial charge in [0, 0.05) is 30.9 Å². The molecule has 0 aliphatic heterocycles. The molecular weight excluding hydrogens is 232 g/mol. The van der Waals surface area contributed by atoms with Crippen LogP contribution < -0.4 is 16.6 Å². The Labute approximate surface area is 106 Å². The van der Waals surface area contributed by atoms with Gasteiger partial charge in [-0.1, -0.05) is 0 Å². The van der Waals surface area contributed by atoms with Gasteiger partial charge in [0.2, 0.25) is 5.91 Å². The van der Waals surface area contributed by atoms with Crippen molar-refractivity contribution in [2.45, 2.75) is 39.2 Å². The minimum absolute atomic E-state index is 0.163. The Morgan fingerprint density at radius 1 is 1.50 bits per heavy atom. The van der Waals surface area contributed by atoms with Crippen LogP contribution in [0, 0.1) is 0 Å². The normalized spacial score (nSPS) is 11.3. The highest BCUT2D eigenvalue weighted by atomic mass is 16.1. The molecule has 1 amide bonds. The zero-order valence-corrected chi connectivity index (χ0v) is 11.1. The summed E-state index contributed by atoms with van der Waals surface area (Å²) >= 11 is 0. The van der Waals surface area contributed by atoms with Crippen LogP contribution in [0.15, 0.2) is 17.2 Å². The average molecular weight is 252 g/mol. The van der Waals surface area contributed by atoms with Crippen LogP contribution in [0.5, 0.6) is 0 Å². The van der Waals surface area contributed by atoms with Crippen molar-refractivity contribution in [3.8, 4) is 0 Å². The van der Waals surface area contributed by atoms with Crippen molar-refractivity contribution >= 4 is 11.7 Å². The number of anilines is 1. The average Bonchev–Trinajstić information content (AvgIpc) is 2.24. The minimum Gasteiger partial charge on any atom is -0.370 e. The van der Waals surface area contributed by atoms with Crippen LogP contribution in [0.2, 0.25) is 0 Å². The molecule has 0 aliphatic carbocycles. The standard InChI is InChI=1S/C12H20N4O2/c1-12(2,3)16-8-7-15-10(11(16)18)14-6-4-5-9(13)17/h7-8H,4-6H2,1-3H3,(H2,13,17)(H,14,15). The van der Waals surface area contributed by atoms with Crippen molar-refractivity contribution < 1.29 is 4.79 Å². The third-order valence-corrected chi connectivity index (χ3v) is 2.46. The number of nitrogens with one attached hydrogen (secondary N) is 1. The van der Waals surface area contributed by atoms with Crippen molar-refractivity contribution in [2.24, 2.45) is 5.73 Å². The molecule has 0 saturated carbocycles. The lowest BCUT2D eigenvalue weighted by Gasteiger charge is -2.22. The smallest absolute Gasteiger partial charge is 0.293 e. The largest absolute Gasteiger partial charge is 0.370 e. The Kier molecular flexibility index (Phi) is 4.47. The topological polar surface area (TPSA) is 90.0 Å². The van der Waals surface area contributed by atoms with E-state index in [1.54, 1.807) is 17.0 Å². The van der Waals surface area contributed by atoms with Gasteiger partial charge in [-0.2, -0.15) is 0 Å². The second kappa shape index (κ2) is 5.66. The Morgan fingerprint density at radius 3 is 2.72 bits per heavy atom. The summed E-state index contributed by atoms with van der Waals surface area (Å²) in [6, 6.07) is 0. The number of nitrogens with zero attached hydrogens (tertiary/aromatic N) is 2. The zero-order chi connectivity index (χ0) is 13.8. The van der Waals surface area contributed by atoms with Gasteiger partial charge in [0.1, 0.15) is 0 Å². The van der Waals surface area contributed by atoms with Gasteiger partial charge in [0.05, 0.1) is 0 Å². The van der Waals surface area contributed by atoms with Gasteiger partial charge in [-0.3, -0.25) is 9.59 Å². The molecule has 6 heteroatoms. The van der Waals surface area contributed by atoms with E-state index in [9.17, 15) is 9.59 Å². The molecule has 0 bridgehead atoms. The number of carbonyl (C=O) groups excluding carboxylic acids is 1.